The van der Waals surface area contributed by atoms with Crippen molar-refractivity contribution in [1.29, 1.82) is 0 Å². The van der Waals surface area contributed by atoms with Crippen molar-refractivity contribution in [1.82, 2.24) is 5.32 Å². The van der Waals surface area contributed by atoms with Gasteiger partial charge in [-0.05, 0) is 83.5 Å². The summed E-state index contributed by atoms with van der Waals surface area (Å²) in [6.45, 7) is 4.91. The summed E-state index contributed by atoms with van der Waals surface area (Å²) in [6.07, 6.45) is 76.1. The van der Waals surface area contributed by atoms with Crippen LogP contribution >= 0.6 is 0 Å². The van der Waals surface area contributed by atoms with E-state index < -0.39 is 12.1 Å². The number of amides is 1. The number of carbonyl (C=O) groups is 2. The number of aliphatic hydroxyl groups excluding tert-OH is 2. The van der Waals surface area contributed by atoms with Crippen LogP contribution in [0, 0.1) is 0 Å². The van der Waals surface area contributed by atoms with Crippen LogP contribution in [0.3, 0.4) is 0 Å². The summed E-state index contributed by atoms with van der Waals surface area (Å²) < 4.78 is 5.48. The number of aliphatic hydroxyl groups is 2. The Kier molecular flexibility index (Phi) is 59.0. The first-order valence-electron chi connectivity index (χ1n) is 31.7. The fourth-order valence-corrected chi connectivity index (χ4v) is 9.78. The number of esters is 1. The van der Waals surface area contributed by atoms with Crippen LogP contribution in [0.25, 0.3) is 0 Å². The molecule has 0 heterocycles. The van der Waals surface area contributed by atoms with E-state index in [0.717, 1.165) is 51.4 Å². The Balaban J connectivity index is 3.34. The normalized spacial score (nSPS) is 12.8. The molecule has 71 heavy (non-hydrogen) atoms. The first kappa shape index (κ1) is 69.1. The van der Waals surface area contributed by atoms with Gasteiger partial charge >= 0.3 is 5.97 Å². The van der Waals surface area contributed by atoms with E-state index in [9.17, 15) is 19.8 Å². The molecule has 0 rings (SSSR count). The van der Waals surface area contributed by atoms with Crippen molar-refractivity contribution < 1.29 is 24.5 Å². The third kappa shape index (κ3) is 57.2. The van der Waals surface area contributed by atoms with Crippen molar-refractivity contribution in [2.45, 2.75) is 353 Å². The van der Waals surface area contributed by atoms with Gasteiger partial charge in [-0.25, -0.2) is 0 Å². The first-order valence-corrected chi connectivity index (χ1v) is 31.7. The van der Waals surface area contributed by atoms with Gasteiger partial charge in [0.05, 0.1) is 25.4 Å². The molecule has 0 radical (unpaired) electrons. The molecule has 418 valence electrons. The minimum atomic E-state index is -0.661. The summed E-state index contributed by atoms with van der Waals surface area (Å²) in [5.74, 6) is -0.0323. The summed E-state index contributed by atoms with van der Waals surface area (Å²) >= 11 is 0. The summed E-state index contributed by atoms with van der Waals surface area (Å²) in [6, 6.07) is -0.538. The van der Waals surface area contributed by atoms with Gasteiger partial charge in [0.2, 0.25) is 5.91 Å². The lowest BCUT2D eigenvalue weighted by atomic mass is 10.0. The second-order valence-corrected chi connectivity index (χ2v) is 21.7. The monoisotopic (exact) mass is 998 g/mol. The van der Waals surface area contributed by atoms with Crippen molar-refractivity contribution in [3.05, 3.63) is 36.5 Å². The molecule has 1 amide bonds. The molecule has 0 aliphatic heterocycles. The van der Waals surface area contributed by atoms with Crippen LogP contribution in [-0.2, 0) is 14.3 Å². The topological polar surface area (TPSA) is 95.9 Å². The molecule has 0 aromatic heterocycles. The zero-order chi connectivity index (χ0) is 51.4. The molecule has 0 bridgehead atoms. The molecule has 0 aliphatic carbocycles. The van der Waals surface area contributed by atoms with Gasteiger partial charge in [0.15, 0.2) is 0 Å². The van der Waals surface area contributed by atoms with Gasteiger partial charge < -0.3 is 20.3 Å². The van der Waals surface area contributed by atoms with E-state index >= 15 is 0 Å². The van der Waals surface area contributed by atoms with Crippen LogP contribution in [0.15, 0.2) is 36.5 Å². The molecule has 3 N–H and O–H groups in total. The summed E-state index contributed by atoms with van der Waals surface area (Å²) in [5.41, 5.74) is 0. The maximum Gasteiger partial charge on any atom is 0.305 e. The van der Waals surface area contributed by atoms with E-state index in [2.05, 4.69) is 55.6 Å². The van der Waals surface area contributed by atoms with Gasteiger partial charge in [-0.3, -0.25) is 9.59 Å². The summed E-state index contributed by atoms with van der Waals surface area (Å²) in [4.78, 5) is 24.5. The Morgan fingerprint density at radius 2 is 0.704 bits per heavy atom. The van der Waals surface area contributed by atoms with Crippen molar-refractivity contribution in [2.75, 3.05) is 13.2 Å². The fraction of sp³-hybridized carbons (Fsp3) is 0.877. The van der Waals surface area contributed by atoms with Crippen LogP contribution in [0.4, 0.5) is 0 Å². The van der Waals surface area contributed by atoms with Crippen LogP contribution in [-0.4, -0.2) is 47.4 Å². The zero-order valence-electron chi connectivity index (χ0n) is 47.7. The molecule has 6 heteroatoms. The van der Waals surface area contributed by atoms with E-state index in [0.29, 0.717) is 25.9 Å². The van der Waals surface area contributed by atoms with Gasteiger partial charge in [0.1, 0.15) is 0 Å². The Morgan fingerprint density at radius 1 is 0.394 bits per heavy atom. The number of unbranched alkanes of at least 4 members (excludes halogenated alkanes) is 42. The number of hydrogen-bond acceptors (Lipinski definition) is 5. The lowest BCUT2D eigenvalue weighted by molar-refractivity contribution is -0.143. The molecule has 2 atom stereocenters. The van der Waals surface area contributed by atoms with Crippen molar-refractivity contribution in [3.63, 3.8) is 0 Å². The van der Waals surface area contributed by atoms with E-state index in [1.165, 1.54) is 257 Å². The Labute approximate surface area is 443 Å². The minimum Gasteiger partial charge on any atom is -0.466 e. The largest absolute Gasteiger partial charge is 0.466 e. The van der Waals surface area contributed by atoms with Crippen LogP contribution in [0.1, 0.15) is 341 Å². The van der Waals surface area contributed by atoms with Crippen molar-refractivity contribution >= 4 is 11.9 Å². The standard InChI is InChI=1S/C65H123NO5/c1-3-5-7-9-11-13-14-15-32-36-39-43-47-51-55-59-65(70)71-60-56-52-48-44-40-37-34-31-29-27-25-23-21-19-17-16-18-20-22-24-26-28-30-33-35-38-42-46-50-54-58-64(69)66-62(61-67)63(68)57-53-49-45-41-12-10-8-6-4-2/h11,13,15,17,19,32,62-63,67-68H,3-10,12,14,16,18,20-31,33-61H2,1-2H3,(H,66,69)/b13-11-,19-17-,32-15-. The molecule has 0 spiro atoms. The molecule has 0 saturated heterocycles. The van der Waals surface area contributed by atoms with E-state index in [4.69, 9.17) is 4.74 Å². The fourth-order valence-electron chi connectivity index (χ4n) is 9.78. The van der Waals surface area contributed by atoms with Crippen molar-refractivity contribution in [3.8, 4) is 0 Å². The van der Waals surface area contributed by atoms with Gasteiger partial charge in [-0.2, -0.15) is 0 Å². The second-order valence-electron chi connectivity index (χ2n) is 21.7. The van der Waals surface area contributed by atoms with E-state index in [-0.39, 0.29) is 18.5 Å². The van der Waals surface area contributed by atoms with Crippen LogP contribution in [0.5, 0.6) is 0 Å². The lowest BCUT2D eigenvalue weighted by Crippen LogP contribution is -2.45. The highest BCUT2D eigenvalue weighted by Gasteiger charge is 2.20. The second kappa shape index (κ2) is 60.6. The number of carbonyl (C=O) groups excluding carboxylic acids is 2. The molecule has 0 aromatic rings. The average Bonchev–Trinajstić information content (AvgIpc) is 3.37. The van der Waals surface area contributed by atoms with E-state index in [1.54, 1.807) is 0 Å². The van der Waals surface area contributed by atoms with Gasteiger partial charge in [0.25, 0.3) is 0 Å². The average molecular weight is 999 g/mol. The van der Waals surface area contributed by atoms with E-state index in [1.807, 2.05) is 0 Å². The number of allylic oxidation sites excluding steroid dienone is 6. The number of nitrogens with one attached hydrogen (secondary N) is 1. The van der Waals surface area contributed by atoms with Gasteiger partial charge in [-0.1, -0.05) is 281 Å². The predicted molar refractivity (Wildman–Crippen MR) is 310 cm³/mol. The quantitative estimate of drug-likeness (QED) is 0.0321. The third-order valence-corrected chi connectivity index (χ3v) is 14.7. The van der Waals surface area contributed by atoms with Crippen molar-refractivity contribution in [2.24, 2.45) is 0 Å². The summed E-state index contributed by atoms with van der Waals surface area (Å²) in [7, 11) is 0. The predicted octanol–water partition coefficient (Wildman–Crippen LogP) is 20.0. The zero-order valence-corrected chi connectivity index (χ0v) is 47.7. The summed E-state index contributed by atoms with van der Waals surface area (Å²) in [5, 5.41) is 23.1. The highest BCUT2D eigenvalue weighted by molar-refractivity contribution is 5.76. The molecular formula is C65H123NO5. The lowest BCUT2D eigenvalue weighted by Gasteiger charge is -2.22. The molecule has 2 unspecified atom stereocenters. The Bertz CT molecular complexity index is 1150. The maximum absolute atomic E-state index is 12.4. The highest BCUT2D eigenvalue weighted by Crippen LogP contribution is 2.17. The molecule has 0 fully saturated rings. The minimum absolute atomic E-state index is 0.00294. The number of ether oxygens (including phenoxy) is 1. The molecule has 0 aromatic carbocycles. The first-order chi connectivity index (χ1) is 35.0. The molecule has 6 nitrogen and oxygen atoms in total. The molecular weight excluding hydrogens is 875 g/mol. The highest BCUT2D eigenvalue weighted by atomic mass is 16.5. The van der Waals surface area contributed by atoms with Gasteiger partial charge in [-0.15, -0.1) is 0 Å². The molecule has 0 aliphatic rings. The van der Waals surface area contributed by atoms with Crippen LogP contribution in [0.2, 0.25) is 0 Å². The number of rotatable bonds is 59. The Hall–Kier alpha value is -1.92. The number of hydrogen-bond donors (Lipinski definition) is 3. The molecule has 0 saturated carbocycles. The maximum atomic E-state index is 12.4. The van der Waals surface area contributed by atoms with Crippen LogP contribution < -0.4 is 5.32 Å². The Morgan fingerprint density at radius 3 is 1.11 bits per heavy atom. The smallest absolute Gasteiger partial charge is 0.305 e. The third-order valence-electron chi connectivity index (χ3n) is 14.7. The SMILES string of the molecule is CCCCC/C=C\C/C=C\CCCCCCCC(=O)OCCCCCCCCCCCCCC/C=C\CCCCCCCCCCCCCCCCC(=O)NC(CO)C(O)CCCCCCCCCCC. The van der Waals surface area contributed by atoms with Gasteiger partial charge in [0, 0.05) is 12.8 Å².